The number of thioether (sulfide) groups is 1. The molecular weight excluding hydrogens is 402 g/mol. The van der Waals surface area contributed by atoms with Crippen LogP contribution in [0.25, 0.3) is 5.57 Å². The second-order valence-corrected chi connectivity index (χ2v) is 9.01. The lowest BCUT2D eigenvalue weighted by Crippen LogP contribution is -2.39. The molecule has 2 heterocycles. The highest BCUT2D eigenvalue weighted by molar-refractivity contribution is 7.98. The van der Waals surface area contributed by atoms with E-state index in [1.807, 2.05) is 24.8 Å². The molecule has 0 spiro atoms. The second-order valence-electron chi connectivity index (χ2n) is 7.55. The first kappa shape index (κ1) is 20.5. The molecule has 2 aliphatic rings. The molecule has 2 aromatic carbocycles. The van der Waals surface area contributed by atoms with Gasteiger partial charge in [0.25, 0.3) is 0 Å². The van der Waals surface area contributed by atoms with Crippen molar-refractivity contribution in [3.8, 4) is 0 Å². The molecule has 1 fully saturated rings. The fraction of sp³-hybridized carbons (Fsp3) is 0.375. The lowest BCUT2D eigenvalue weighted by Gasteiger charge is -2.30. The van der Waals surface area contributed by atoms with Crippen LogP contribution in [0.15, 0.2) is 53.4 Å². The number of benzene rings is 2. The summed E-state index contributed by atoms with van der Waals surface area (Å²) in [5, 5.41) is 0.759. The van der Waals surface area contributed by atoms with Crippen molar-refractivity contribution < 1.29 is 9.53 Å². The van der Waals surface area contributed by atoms with E-state index in [0.29, 0.717) is 6.61 Å². The molecule has 0 saturated carbocycles. The van der Waals surface area contributed by atoms with Gasteiger partial charge in [0.05, 0.1) is 12.5 Å². The monoisotopic (exact) mass is 427 g/mol. The average Bonchev–Trinajstić information content (AvgIpc) is 2.89. The molecule has 2 aliphatic heterocycles. The number of carbonyl (C=O) groups is 1. The minimum absolute atomic E-state index is 0.0131. The number of piperidine rings is 1. The number of nitrogens with zero attached hydrogens (tertiary/aromatic N) is 1. The predicted molar refractivity (Wildman–Crippen MR) is 120 cm³/mol. The number of ether oxygens (including phenoxy) is 1. The van der Waals surface area contributed by atoms with Crippen molar-refractivity contribution in [3.05, 3.63) is 70.3 Å². The van der Waals surface area contributed by atoms with Crippen molar-refractivity contribution in [2.24, 2.45) is 5.92 Å². The number of hydrogen-bond donors (Lipinski definition) is 0. The molecule has 1 saturated heterocycles. The molecule has 29 heavy (non-hydrogen) atoms. The summed E-state index contributed by atoms with van der Waals surface area (Å²) in [4.78, 5) is 15.8. The SMILES string of the molecule is CCOC(=O)C1CCCN(C/C=C2\c3ccccc3CSc3ccc(Cl)cc32)C1. The quantitative estimate of drug-likeness (QED) is 0.589. The van der Waals surface area contributed by atoms with Gasteiger partial charge in [0.2, 0.25) is 0 Å². The van der Waals surface area contributed by atoms with Crippen LogP contribution < -0.4 is 0 Å². The summed E-state index contributed by atoms with van der Waals surface area (Å²) in [5.74, 6) is 0.885. The van der Waals surface area contributed by atoms with Gasteiger partial charge in [-0.25, -0.2) is 0 Å². The van der Waals surface area contributed by atoms with Crippen LogP contribution in [0.3, 0.4) is 0 Å². The zero-order valence-corrected chi connectivity index (χ0v) is 18.3. The van der Waals surface area contributed by atoms with Gasteiger partial charge in [0.1, 0.15) is 0 Å². The summed E-state index contributed by atoms with van der Waals surface area (Å²) in [6.07, 6.45) is 4.26. The van der Waals surface area contributed by atoms with Gasteiger partial charge in [0, 0.05) is 28.8 Å². The zero-order valence-electron chi connectivity index (χ0n) is 16.7. The molecule has 0 aliphatic carbocycles. The van der Waals surface area contributed by atoms with Crippen molar-refractivity contribution in [2.45, 2.75) is 30.4 Å². The Bertz CT molecular complexity index is 927. The maximum absolute atomic E-state index is 12.2. The highest BCUT2D eigenvalue weighted by Crippen LogP contribution is 2.41. The number of likely N-dealkylation sites (tertiary alicyclic amines) is 1. The van der Waals surface area contributed by atoms with Crippen molar-refractivity contribution in [1.82, 2.24) is 4.90 Å². The van der Waals surface area contributed by atoms with E-state index in [4.69, 9.17) is 16.3 Å². The normalized spacial score (nSPS) is 20.6. The lowest BCUT2D eigenvalue weighted by molar-refractivity contribution is -0.149. The van der Waals surface area contributed by atoms with Gasteiger partial charge >= 0.3 is 5.97 Å². The number of hydrogen-bond acceptors (Lipinski definition) is 4. The molecule has 0 amide bonds. The van der Waals surface area contributed by atoms with E-state index < -0.39 is 0 Å². The van der Waals surface area contributed by atoms with Crippen molar-refractivity contribution in [3.63, 3.8) is 0 Å². The summed E-state index contributed by atoms with van der Waals surface area (Å²) < 4.78 is 5.25. The second kappa shape index (κ2) is 9.38. The third kappa shape index (κ3) is 4.71. The minimum Gasteiger partial charge on any atom is -0.466 e. The maximum Gasteiger partial charge on any atom is 0.310 e. The Morgan fingerprint density at radius 3 is 3.00 bits per heavy atom. The van der Waals surface area contributed by atoms with E-state index in [9.17, 15) is 4.79 Å². The first-order chi connectivity index (χ1) is 14.2. The van der Waals surface area contributed by atoms with Gasteiger partial charge in [0.15, 0.2) is 0 Å². The Kier molecular flexibility index (Phi) is 6.63. The molecule has 0 bridgehead atoms. The molecule has 1 atom stereocenters. The summed E-state index contributed by atoms with van der Waals surface area (Å²) in [7, 11) is 0. The average molecular weight is 428 g/mol. The number of carbonyl (C=O) groups excluding carboxylic acids is 1. The van der Waals surface area contributed by atoms with E-state index in [0.717, 1.165) is 43.3 Å². The van der Waals surface area contributed by atoms with Crippen LogP contribution in [0.4, 0.5) is 0 Å². The summed E-state index contributed by atoms with van der Waals surface area (Å²) in [6, 6.07) is 14.8. The number of esters is 1. The first-order valence-corrected chi connectivity index (χ1v) is 11.6. The van der Waals surface area contributed by atoms with E-state index in [1.165, 1.54) is 27.2 Å². The topological polar surface area (TPSA) is 29.5 Å². The summed E-state index contributed by atoms with van der Waals surface area (Å²) in [5.41, 5.74) is 5.06. The molecule has 152 valence electrons. The van der Waals surface area contributed by atoms with E-state index in [2.05, 4.69) is 47.4 Å². The van der Waals surface area contributed by atoms with Gasteiger partial charge in [-0.15, -0.1) is 11.8 Å². The van der Waals surface area contributed by atoms with Gasteiger partial charge in [-0.2, -0.15) is 0 Å². The van der Waals surface area contributed by atoms with Crippen LogP contribution in [0, 0.1) is 5.92 Å². The fourth-order valence-corrected chi connectivity index (χ4v) is 5.39. The molecule has 4 rings (SSSR count). The molecular formula is C24H26ClNO2S. The van der Waals surface area contributed by atoms with E-state index >= 15 is 0 Å². The van der Waals surface area contributed by atoms with Crippen LogP contribution in [0.1, 0.15) is 36.5 Å². The predicted octanol–water partition coefficient (Wildman–Crippen LogP) is 5.65. The first-order valence-electron chi connectivity index (χ1n) is 10.3. The van der Waals surface area contributed by atoms with Crippen molar-refractivity contribution in [1.29, 1.82) is 0 Å². The molecule has 1 unspecified atom stereocenters. The molecule has 3 nitrogen and oxygen atoms in total. The Morgan fingerprint density at radius 1 is 1.28 bits per heavy atom. The molecule has 0 radical (unpaired) electrons. The zero-order chi connectivity index (χ0) is 20.2. The standard InChI is InChI=1S/C24H26ClNO2S/c1-2-28-24(27)17-7-5-12-26(15-17)13-11-21-20-8-4-3-6-18(20)16-29-23-10-9-19(25)14-22(21)23/h3-4,6,8-11,14,17H,2,5,7,12-13,15-16H2,1H3/b21-11+. The van der Waals surface area contributed by atoms with Crippen molar-refractivity contribution in [2.75, 3.05) is 26.2 Å². The van der Waals surface area contributed by atoms with Crippen LogP contribution in [-0.2, 0) is 15.3 Å². The summed E-state index contributed by atoms with van der Waals surface area (Å²) >= 11 is 8.22. The van der Waals surface area contributed by atoms with E-state index in [-0.39, 0.29) is 11.9 Å². The fourth-order valence-electron chi connectivity index (χ4n) is 4.16. The molecule has 5 heteroatoms. The third-order valence-corrected chi connectivity index (χ3v) is 6.96. The Labute approximate surface area is 182 Å². The Hall–Kier alpha value is -1.75. The smallest absolute Gasteiger partial charge is 0.310 e. The Morgan fingerprint density at radius 2 is 2.14 bits per heavy atom. The molecule has 2 aromatic rings. The minimum atomic E-state index is -0.0572. The van der Waals surface area contributed by atoms with Crippen LogP contribution in [-0.4, -0.2) is 37.1 Å². The third-order valence-electron chi connectivity index (χ3n) is 5.60. The van der Waals surface area contributed by atoms with Gasteiger partial charge in [-0.1, -0.05) is 41.9 Å². The lowest BCUT2D eigenvalue weighted by atomic mass is 9.93. The van der Waals surface area contributed by atoms with Gasteiger partial charge in [-0.3, -0.25) is 9.69 Å². The van der Waals surface area contributed by atoms with Gasteiger partial charge < -0.3 is 4.74 Å². The number of rotatable bonds is 4. The van der Waals surface area contributed by atoms with E-state index in [1.54, 1.807) is 0 Å². The highest BCUT2D eigenvalue weighted by atomic mass is 35.5. The maximum atomic E-state index is 12.2. The number of halogens is 1. The Balaban J connectivity index is 1.62. The largest absolute Gasteiger partial charge is 0.466 e. The molecule has 0 N–H and O–H groups in total. The van der Waals surface area contributed by atoms with Crippen LogP contribution in [0.5, 0.6) is 0 Å². The number of fused-ring (bicyclic) bond motifs is 2. The van der Waals surface area contributed by atoms with Gasteiger partial charge in [-0.05, 0) is 66.8 Å². The summed E-state index contributed by atoms with van der Waals surface area (Å²) in [6.45, 7) is 4.91. The van der Waals surface area contributed by atoms with Crippen LogP contribution >= 0.6 is 23.4 Å². The molecule has 0 aromatic heterocycles. The van der Waals surface area contributed by atoms with Crippen LogP contribution in [0.2, 0.25) is 5.02 Å². The highest BCUT2D eigenvalue weighted by Gasteiger charge is 2.26. The van der Waals surface area contributed by atoms with Crippen molar-refractivity contribution >= 4 is 34.9 Å².